The van der Waals surface area contributed by atoms with E-state index in [0.29, 0.717) is 11.8 Å². The van der Waals surface area contributed by atoms with E-state index in [9.17, 15) is 0 Å². The van der Waals surface area contributed by atoms with Crippen LogP contribution in [0.5, 0.6) is 0 Å². The summed E-state index contributed by atoms with van der Waals surface area (Å²) in [6.07, 6.45) is 0. The van der Waals surface area contributed by atoms with Gasteiger partial charge in [-0.05, 0) is 85.9 Å². The summed E-state index contributed by atoms with van der Waals surface area (Å²) in [5.41, 5.74) is 15.8. The first-order chi connectivity index (χ1) is 23.8. The van der Waals surface area contributed by atoms with Crippen molar-refractivity contribution in [2.45, 2.75) is 97.8 Å². The van der Waals surface area contributed by atoms with Crippen LogP contribution in [0.1, 0.15) is 126 Å². The van der Waals surface area contributed by atoms with E-state index in [1.807, 2.05) is 0 Å². The molecule has 1 aliphatic rings. The molecule has 1 aliphatic heterocycles. The van der Waals surface area contributed by atoms with Crippen LogP contribution in [0.4, 0.5) is 5.69 Å². The quantitative estimate of drug-likeness (QED) is 0.175. The molecule has 0 aliphatic carbocycles. The summed E-state index contributed by atoms with van der Waals surface area (Å²) < 4.78 is 2.43. The fourth-order valence-corrected chi connectivity index (χ4v) is 7.92. The minimum Gasteiger partial charge on any atom is -0.292 e. The van der Waals surface area contributed by atoms with Crippen molar-refractivity contribution in [3.05, 3.63) is 148 Å². The van der Waals surface area contributed by atoms with E-state index in [-0.39, 0.29) is 16.7 Å². The standard InChI is InChI=1S/C47H51N3/c1-29(2)33-21-16-22-34(30(3)4)44(33)50-40-27-14-13-26-39(40)49-45(50)32-19-15-18-31(28-32)43-41(35-20-11-12-25-38(35)48-43)42-36(46(5,6)7)23-17-24-37(42)47(8,9)10/h11-30,41H,1-10H3. The van der Waals surface area contributed by atoms with Gasteiger partial charge in [-0.2, -0.15) is 0 Å². The highest BCUT2D eigenvalue weighted by Crippen LogP contribution is 2.48. The second-order valence-corrected chi connectivity index (χ2v) is 16.7. The first kappa shape index (κ1) is 33.7. The molecule has 0 bridgehead atoms. The van der Waals surface area contributed by atoms with E-state index in [1.54, 1.807) is 0 Å². The van der Waals surface area contributed by atoms with Gasteiger partial charge in [0.05, 0.1) is 34.0 Å². The smallest absolute Gasteiger partial charge is 0.145 e. The zero-order valence-corrected chi connectivity index (χ0v) is 31.5. The van der Waals surface area contributed by atoms with Crippen molar-refractivity contribution >= 4 is 22.4 Å². The maximum Gasteiger partial charge on any atom is 0.145 e. The zero-order valence-electron chi connectivity index (χ0n) is 31.5. The predicted molar refractivity (Wildman–Crippen MR) is 213 cm³/mol. The van der Waals surface area contributed by atoms with Crippen molar-refractivity contribution in [2.24, 2.45) is 4.99 Å². The molecule has 1 atom stereocenters. The molecule has 0 saturated carbocycles. The minimum atomic E-state index is -0.0378. The first-order valence-electron chi connectivity index (χ1n) is 18.3. The molecule has 5 aromatic carbocycles. The van der Waals surface area contributed by atoms with E-state index in [4.69, 9.17) is 9.98 Å². The lowest BCUT2D eigenvalue weighted by atomic mass is 9.70. The molecule has 6 aromatic rings. The Hall–Kier alpha value is -4.76. The Kier molecular flexibility index (Phi) is 8.45. The molecular weight excluding hydrogens is 607 g/mol. The molecule has 0 saturated heterocycles. The molecule has 0 amide bonds. The van der Waals surface area contributed by atoms with Crippen LogP contribution >= 0.6 is 0 Å². The lowest BCUT2D eigenvalue weighted by molar-refractivity contribution is 0.555. The van der Waals surface area contributed by atoms with Crippen molar-refractivity contribution in [3.8, 4) is 17.1 Å². The Morgan fingerprint density at radius 1 is 0.600 bits per heavy atom. The van der Waals surface area contributed by atoms with Crippen LogP contribution < -0.4 is 0 Å². The Balaban J connectivity index is 1.48. The van der Waals surface area contributed by atoms with E-state index in [0.717, 1.165) is 39.4 Å². The number of aromatic nitrogens is 2. The van der Waals surface area contributed by atoms with Crippen LogP contribution in [0.15, 0.2) is 114 Å². The van der Waals surface area contributed by atoms with Gasteiger partial charge in [-0.1, -0.05) is 154 Å². The highest BCUT2D eigenvalue weighted by Gasteiger charge is 2.37. The summed E-state index contributed by atoms with van der Waals surface area (Å²) in [6.45, 7) is 23.2. The van der Waals surface area contributed by atoms with Gasteiger partial charge in [0.1, 0.15) is 5.82 Å². The summed E-state index contributed by atoms with van der Waals surface area (Å²) in [4.78, 5) is 10.8. The third-order valence-electron chi connectivity index (χ3n) is 10.3. The fraction of sp³-hybridized carbons (Fsp3) is 0.319. The highest BCUT2D eigenvalue weighted by molar-refractivity contribution is 6.12. The molecule has 2 heterocycles. The number of rotatable bonds is 6. The number of fused-ring (bicyclic) bond motifs is 2. The Labute approximate surface area is 299 Å². The average molecular weight is 658 g/mol. The van der Waals surface area contributed by atoms with Crippen molar-refractivity contribution in [1.82, 2.24) is 9.55 Å². The monoisotopic (exact) mass is 657 g/mol. The second kappa shape index (κ2) is 12.5. The van der Waals surface area contributed by atoms with Gasteiger partial charge in [0, 0.05) is 5.56 Å². The molecule has 254 valence electrons. The van der Waals surface area contributed by atoms with Crippen LogP contribution in [-0.2, 0) is 10.8 Å². The number of hydrogen-bond donors (Lipinski definition) is 0. The van der Waals surface area contributed by atoms with E-state index >= 15 is 0 Å². The molecule has 7 rings (SSSR count). The minimum absolute atomic E-state index is 0.0131. The van der Waals surface area contributed by atoms with E-state index < -0.39 is 0 Å². The van der Waals surface area contributed by atoms with Crippen LogP contribution in [0, 0.1) is 0 Å². The first-order valence-corrected chi connectivity index (χ1v) is 18.3. The third kappa shape index (κ3) is 5.81. The molecule has 1 aromatic heterocycles. The van der Waals surface area contributed by atoms with Gasteiger partial charge in [-0.25, -0.2) is 4.98 Å². The molecule has 0 fully saturated rings. The number of aliphatic imine (C=N–C) groups is 1. The molecule has 1 unspecified atom stereocenters. The molecular formula is C47H51N3. The summed E-state index contributed by atoms with van der Waals surface area (Å²) in [7, 11) is 0. The molecule has 50 heavy (non-hydrogen) atoms. The van der Waals surface area contributed by atoms with Crippen LogP contribution in [0.2, 0.25) is 0 Å². The molecule has 0 radical (unpaired) electrons. The number of hydrogen-bond acceptors (Lipinski definition) is 2. The summed E-state index contributed by atoms with van der Waals surface area (Å²) in [5, 5.41) is 0. The van der Waals surface area contributed by atoms with Crippen molar-refractivity contribution < 1.29 is 0 Å². The fourth-order valence-electron chi connectivity index (χ4n) is 7.92. The third-order valence-corrected chi connectivity index (χ3v) is 10.3. The SMILES string of the molecule is CC(C)c1cccc(C(C)C)c1-n1c(-c2cccc(C3=Nc4ccccc4C3c3c(C(C)(C)C)cccc3C(C)(C)C)c2)nc2ccccc21. The molecule has 0 N–H and O–H groups in total. The number of imidazole rings is 1. The van der Waals surface area contributed by atoms with Crippen LogP contribution in [0.3, 0.4) is 0 Å². The average Bonchev–Trinajstić information content (AvgIpc) is 3.66. The van der Waals surface area contributed by atoms with Gasteiger partial charge >= 0.3 is 0 Å². The van der Waals surface area contributed by atoms with Gasteiger partial charge in [-0.15, -0.1) is 0 Å². The summed E-state index contributed by atoms with van der Waals surface area (Å²) >= 11 is 0. The normalized spacial score (nSPS) is 14.9. The lowest BCUT2D eigenvalue weighted by Crippen LogP contribution is -2.25. The number of para-hydroxylation sites is 4. The van der Waals surface area contributed by atoms with Crippen molar-refractivity contribution in [2.75, 3.05) is 0 Å². The maximum absolute atomic E-state index is 5.45. The summed E-state index contributed by atoms with van der Waals surface area (Å²) in [6, 6.07) is 40.0. The summed E-state index contributed by atoms with van der Waals surface area (Å²) in [5.74, 6) is 1.69. The largest absolute Gasteiger partial charge is 0.292 e. The molecule has 0 spiro atoms. The van der Waals surface area contributed by atoms with E-state index in [2.05, 4.69) is 183 Å². The van der Waals surface area contributed by atoms with Gasteiger partial charge in [-0.3, -0.25) is 9.56 Å². The zero-order chi connectivity index (χ0) is 35.5. The van der Waals surface area contributed by atoms with Gasteiger partial charge in [0.25, 0.3) is 0 Å². The number of nitrogens with zero attached hydrogens (tertiary/aromatic N) is 3. The number of benzene rings is 5. The Morgan fingerprint density at radius 2 is 1.16 bits per heavy atom. The Morgan fingerprint density at radius 3 is 1.80 bits per heavy atom. The molecule has 3 nitrogen and oxygen atoms in total. The van der Waals surface area contributed by atoms with Crippen LogP contribution in [0.25, 0.3) is 28.1 Å². The highest BCUT2D eigenvalue weighted by atomic mass is 15.1. The van der Waals surface area contributed by atoms with Gasteiger partial charge in [0.2, 0.25) is 0 Å². The van der Waals surface area contributed by atoms with Crippen LogP contribution in [-0.4, -0.2) is 15.3 Å². The van der Waals surface area contributed by atoms with Gasteiger partial charge < -0.3 is 0 Å². The van der Waals surface area contributed by atoms with Crippen molar-refractivity contribution in [3.63, 3.8) is 0 Å². The maximum atomic E-state index is 5.45. The Bertz CT molecular complexity index is 2190. The van der Waals surface area contributed by atoms with E-state index in [1.165, 1.54) is 39.1 Å². The second-order valence-electron chi connectivity index (χ2n) is 16.7. The molecule has 3 heteroatoms. The van der Waals surface area contributed by atoms with Crippen molar-refractivity contribution in [1.29, 1.82) is 0 Å². The van der Waals surface area contributed by atoms with Gasteiger partial charge in [0.15, 0.2) is 0 Å². The topological polar surface area (TPSA) is 30.2 Å². The lowest BCUT2D eigenvalue weighted by Gasteiger charge is -2.33. The predicted octanol–water partition coefficient (Wildman–Crippen LogP) is 12.8.